The van der Waals surface area contributed by atoms with Crippen LogP contribution in [-0.4, -0.2) is 10.4 Å². The molecule has 0 atom stereocenters. The lowest BCUT2D eigenvalue weighted by molar-refractivity contribution is 0.103. The fourth-order valence-electron chi connectivity index (χ4n) is 2.70. The minimum atomic E-state index is -0.380. The molecule has 0 N–H and O–H groups in total. The molecule has 3 rings (SSSR count). The van der Waals surface area contributed by atoms with E-state index in [2.05, 4.69) is 0 Å². The number of carbonyl (C=O) groups excluding carboxylic acids is 1. The third-order valence-corrected chi connectivity index (χ3v) is 3.70. The normalized spacial score (nSPS) is 11.0. The van der Waals surface area contributed by atoms with E-state index in [-0.39, 0.29) is 11.6 Å². The van der Waals surface area contributed by atoms with Crippen molar-refractivity contribution >= 4 is 16.7 Å². The van der Waals surface area contributed by atoms with E-state index < -0.39 is 0 Å². The number of hydrogen-bond acceptors (Lipinski definition) is 1. The highest BCUT2D eigenvalue weighted by atomic mass is 19.1. The quantitative estimate of drug-likeness (QED) is 0.646. The molecule has 0 bridgehead atoms. The zero-order valence-electron chi connectivity index (χ0n) is 12.3. The van der Waals surface area contributed by atoms with Crippen LogP contribution in [0.15, 0.2) is 42.6 Å². The van der Waals surface area contributed by atoms with E-state index >= 15 is 0 Å². The van der Waals surface area contributed by atoms with Crippen LogP contribution in [0.4, 0.5) is 4.39 Å². The van der Waals surface area contributed by atoms with Crippen LogP contribution in [0.2, 0.25) is 0 Å². The lowest BCUT2D eigenvalue weighted by atomic mass is 10.0. The molecular formula is C18H16FNO. The molecule has 3 aromatic rings. The summed E-state index contributed by atoms with van der Waals surface area (Å²) in [6.45, 7) is 3.80. The van der Waals surface area contributed by atoms with Crippen molar-refractivity contribution in [2.75, 3.05) is 0 Å². The first-order valence-corrected chi connectivity index (χ1v) is 6.83. The van der Waals surface area contributed by atoms with Crippen molar-refractivity contribution < 1.29 is 9.18 Å². The predicted octanol–water partition coefficient (Wildman–Crippen LogP) is 4.17. The van der Waals surface area contributed by atoms with Gasteiger partial charge in [0.25, 0.3) is 0 Å². The van der Waals surface area contributed by atoms with Crippen molar-refractivity contribution in [3.05, 3.63) is 70.7 Å². The largest absolute Gasteiger partial charge is 0.350 e. The average Bonchev–Trinajstić information content (AvgIpc) is 2.74. The Kier molecular flexibility index (Phi) is 3.13. The number of fused-ring (bicyclic) bond motifs is 1. The van der Waals surface area contributed by atoms with Crippen LogP contribution in [0, 0.1) is 19.7 Å². The van der Waals surface area contributed by atoms with Gasteiger partial charge >= 0.3 is 0 Å². The summed E-state index contributed by atoms with van der Waals surface area (Å²) in [4.78, 5) is 12.7. The first-order chi connectivity index (χ1) is 9.95. The second-order valence-electron chi connectivity index (χ2n) is 5.52. The van der Waals surface area contributed by atoms with Crippen molar-refractivity contribution in [1.82, 2.24) is 4.57 Å². The number of rotatable bonds is 2. The van der Waals surface area contributed by atoms with Gasteiger partial charge in [0, 0.05) is 35.3 Å². The van der Waals surface area contributed by atoms with Gasteiger partial charge in [-0.2, -0.15) is 0 Å². The molecule has 1 heterocycles. The zero-order valence-corrected chi connectivity index (χ0v) is 12.3. The molecule has 0 radical (unpaired) electrons. The van der Waals surface area contributed by atoms with Gasteiger partial charge in [0.15, 0.2) is 5.78 Å². The standard InChI is InChI=1S/C18H16FNO/c1-11-4-5-15-16(10-20(3)17(15)8-11)18(21)13-6-12(2)7-14(19)9-13/h4-10H,1-3H3. The van der Waals surface area contributed by atoms with Crippen LogP contribution < -0.4 is 0 Å². The van der Waals surface area contributed by atoms with Crippen LogP contribution in [0.3, 0.4) is 0 Å². The number of hydrogen-bond donors (Lipinski definition) is 0. The number of ketones is 1. The molecule has 0 aliphatic rings. The SMILES string of the molecule is Cc1cc(F)cc(C(=O)c2cn(C)c3cc(C)ccc23)c1. The van der Waals surface area contributed by atoms with Crippen molar-refractivity contribution in [2.24, 2.45) is 7.05 Å². The van der Waals surface area contributed by atoms with Crippen molar-refractivity contribution in [2.45, 2.75) is 13.8 Å². The van der Waals surface area contributed by atoms with Gasteiger partial charge in [0.1, 0.15) is 5.82 Å². The summed E-state index contributed by atoms with van der Waals surface area (Å²) in [5.41, 5.74) is 3.89. The van der Waals surface area contributed by atoms with Gasteiger partial charge in [-0.25, -0.2) is 4.39 Å². The third kappa shape index (κ3) is 2.35. The van der Waals surface area contributed by atoms with Crippen molar-refractivity contribution in [3.8, 4) is 0 Å². The molecule has 2 aromatic carbocycles. The van der Waals surface area contributed by atoms with Crippen LogP contribution >= 0.6 is 0 Å². The van der Waals surface area contributed by atoms with Gasteiger partial charge < -0.3 is 4.57 Å². The molecule has 0 unspecified atom stereocenters. The molecule has 21 heavy (non-hydrogen) atoms. The second kappa shape index (κ2) is 4.85. The zero-order chi connectivity index (χ0) is 15.1. The topological polar surface area (TPSA) is 22.0 Å². The van der Waals surface area contributed by atoms with Gasteiger partial charge in [-0.3, -0.25) is 4.79 Å². The van der Waals surface area contributed by atoms with Crippen LogP contribution in [0.1, 0.15) is 27.0 Å². The summed E-state index contributed by atoms with van der Waals surface area (Å²) in [6.07, 6.45) is 1.81. The smallest absolute Gasteiger partial charge is 0.195 e. The van der Waals surface area contributed by atoms with Gasteiger partial charge in [0.2, 0.25) is 0 Å². The number of carbonyl (C=O) groups is 1. The maximum Gasteiger partial charge on any atom is 0.195 e. The Morgan fingerprint density at radius 1 is 1.05 bits per heavy atom. The summed E-state index contributed by atoms with van der Waals surface area (Å²) in [5, 5.41) is 0.898. The maximum atomic E-state index is 13.5. The average molecular weight is 281 g/mol. The number of aryl methyl sites for hydroxylation is 3. The van der Waals surface area contributed by atoms with E-state index in [0.717, 1.165) is 22.0 Å². The van der Waals surface area contributed by atoms with E-state index in [0.29, 0.717) is 11.1 Å². The Hall–Kier alpha value is -2.42. The molecule has 0 saturated carbocycles. The number of aromatic nitrogens is 1. The van der Waals surface area contributed by atoms with E-state index in [1.165, 1.54) is 12.1 Å². The Labute approximate surface area is 122 Å². The summed E-state index contributed by atoms with van der Waals surface area (Å²) in [7, 11) is 1.91. The Morgan fingerprint density at radius 2 is 1.81 bits per heavy atom. The number of benzene rings is 2. The van der Waals surface area contributed by atoms with Gasteiger partial charge in [-0.15, -0.1) is 0 Å². The molecule has 106 valence electrons. The molecule has 3 heteroatoms. The Bertz CT molecular complexity index is 841. The predicted molar refractivity (Wildman–Crippen MR) is 82.2 cm³/mol. The minimum Gasteiger partial charge on any atom is -0.350 e. The summed E-state index contributed by atoms with van der Waals surface area (Å²) >= 11 is 0. The fraction of sp³-hybridized carbons (Fsp3) is 0.167. The molecule has 0 aliphatic carbocycles. The highest BCUT2D eigenvalue weighted by Gasteiger charge is 2.16. The van der Waals surface area contributed by atoms with Gasteiger partial charge in [0.05, 0.1) is 0 Å². The van der Waals surface area contributed by atoms with Crippen molar-refractivity contribution in [1.29, 1.82) is 0 Å². The highest BCUT2D eigenvalue weighted by molar-refractivity contribution is 6.16. The van der Waals surface area contributed by atoms with Crippen LogP contribution in [0.25, 0.3) is 10.9 Å². The molecule has 0 aliphatic heterocycles. The number of halogens is 1. The monoisotopic (exact) mass is 281 g/mol. The Balaban J connectivity index is 2.18. The first-order valence-electron chi connectivity index (χ1n) is 6.83. The summed E-state index contributed by atoms with van der Waals surface area (Å²) in [5.74, 6) is -0.526. The maximum absolute atomic E-state index is 13.5. The van der Waals surface area contributed by atoms with Gasteiger partial charge in [-0.05, 0) is 49.2 Å². The van der Waals surface area contributed by atoms with E-state index in [1.54, 1.807) is 13.0 Å². The molecule has 2 nitrogen and oxygen atoms in total. The van der Waals surface area contributed by atoms with Crippen LogP contribution in [-0.2, 0) is 7.05 Å². The second-order valence-corrected chi connectivity index (χ2v) is 5.52. The summed E-state index contributed by atoms with van der Waals surface area (Å²) in [6, 6.07) is 10.4. The molecule has 0 amide bonds. The van der Waals surface area contributed by atoms with E-state index in [1.807, 2.05) is 42.9 Å². The molecule has 0 spiro atoms. The highest BCUT2D eigenvalue weighted by Crippen LogP contribution is 2.24. The lowest BCUT2D eigenvalue weighted by Gasteiger charge is -2.02. The van der Waals surface area contributed by atoms with Gasteiger partial charge in [-0.1, -0.05) is 12.1 Å². The van der Waals surface area contributed by atoms with Crippen LogP contribution in [0.5, 0.6) is 0 Å². The lowest BCUT2D eigenvalue weighted by Crippen LogP contribution is -2.02. The fourth-order valence-corrected chi connectivity index (χ4v) is 2.70. The first kappa shape index (κ1) is 13.6. The van der Waals surface area contributed by atoms with E-state index in [4.69, 9.17) is 0 Å². The minimum absolute atomic E-state index is 0.146. The number of nitrogens with zero attached hydrogens (tertiary/aromatic N) is 1. The molecular weight excluding hydrogens is 265 g/mol. The molecule has 0 saturated heterocycles. The molecule has 1 aromatic heterocycles. The molecule has 0 fully saturated rings. The van der Waals surface area contributed by atoms with Crippen molar-refractivity contribution in [3.63, 3.8) is 0 Å². The summed E-state index contributed by atoms with van der Waals surface area (Å²) < 4.78 is 15.5. The van der Waals surface area contributed by atoms with E-state index in [9.17, 15) is 9.18 Å². The third-order valence-electron chi connectivity index (χ3n) is 3.70. The Morgan fingerprint density at radius 3 is 2.52 bits per heavy atom.